The van der Waals surface area contributed by atoms with Gasteiger partial charge in [0.2, 0.25) is 0 Å². The van der Waals surface area contributed by atoms with Crippen molar-refractivity contribution in [1.29, 1.82) is 5.26 Å². The molecule has 106 valence electrons. The summed E-state index contributed by atoms with van der Waals surface area (Å²) in [6, 6.07) is 6.89. The number of aromatic nitrogens is 1. The third-order valence-electron chi connectivity index (χ3n) is 2.57. The molecule has 1 heterocycles. The van der Waals surface area contributed by atoms with E-state index in [9.17, 15) is 9.59 Å². The SMILES string of the molecule is N#Cc1ccc(NC(=O)c2cc(CO)on2)c(C(=O)O)c1. The molecule has 0 unspecified atom stereocenters. The van der Waals surface area contributed by atoms with Gasteiger partial charge < -0.3 is 20.1 Å². The number of amides is 1. The maximum absolute atomic E-state index is 11.9. The van der Waals surface area contributed by atoms with Gasteiger partial charge in [0.1, 0.15) is 6.61 Å². The molecule has 0 fully saturated rings. The summed E-state index contributed by atoms with van der Waals surface area (Å²) < 4.78 is 4.67. The van der Waals surface area contributed by atoms with Gasteiger partial charge in [-0.3, -0.25) is 4.79 Å². The Hall–Kier alpha value is -3.18. The average molecular weight is 287 g/mol. The number of carboxylic acid groups (broad SMARTS) is 1. The predicted octanol–water partition coefficient (Wildman–Crippen LogP) is 0.989. The van der Waals surface area contributed by atoms with E-state index < -0.39 is 18.5 Å². The predicted molar refractivity (Wildman–Crippen MR) is 68.5 cm³/mol. The Kier molecular flexibility index (Phi) is 3.97. The zero-order chi connectivity index (χ0) is 15.4. The fourth-order valence-corrected chi connectivity index (χ4v) is 1.58. The van der Waals surface area contributed by atoms with Crippen molar-refractivity contribution in [3.05, 3.63) is 46.8 Å². The number of hydrogen-bond donors (Lipinski definition) is 3. The topological polar surface area (TPSA) is 136 Å². The molecule has 3 N–H and O–H groups in total. The number of aliphatic hydroxyl groups is 1. The van der Waals surface area contributed by atoms with Crippen molar-refractivity contribution in [2.24, 2.45) is 0 Å². The largest absolute Gasteiger partial charge is 0.478 e. The molecule has 0 spiro atoms. The lowest BCUT2D eigenvalue weighted by molar-refractivity contribution is 0.0698. The standard InChI is InChI=1S/C13H9N3O5/c14-5-7-1-2-10(9(3-7)13(19)20)15-12(18)11-4-8(6-17)21-16-11/h1-4,17H,6H2,(H,15,18)(H,19,20). The van der Waals surface area contributed by atoms with E-state index in [1.54, 1.807) is 0 Å². The van der Waals surface area contributed by atoms with Gasteiger partial charge in [0.05, 0.1) is 22.9 Å². The fourth-order valence-electron chi connectivity index (χ4n) is 1.58. The summed E-state index contributed by atoms with van der Waals surface area (Å²) in [6.07, 6.45) is 0. The molecule has 0 aliphatic carbocycles. The number of nitrogens with zero attached hydrogens (tertiary/aromatic N) is 2. The molecule has 1 aromatic heterocycles. The average Bonchev–Trinajstić information content (AvgIpc) is 2.96. The Morgan fingerprint density at radius 1 is 1.38 bits per heavy atom. The van der Waals surface area contributed by atoms with Crippen molar-refractivity contribution >= 4 is 17.6 Å². The molecule has 0 saturated heterocycles. The molecule has 0 aliphatic rings. The van der Waals surface area contributed by atoms with E-state index in [4.69, 9.17) is 15.5 Å². The van der Waals surface area contributed by atoms with E-state index >= 15 is 0 Å². The van der Waals surface area contributed by atoms with Gasteiger partial charge in [-0.2, -0.15) is 5.26 Å². The first-order valence-electron chi connectivity index (χ1n) is 5.70. The van der Waals surface area contributed by atoms with Crippen LogP contribution in [0.5, 0.6) is 0 Å². The first-order chi connectivity index (χ1) is 10.0. The van der Waals surface area contributed by atoms with Crippen molar-refractivity contribution < 1.29 is 24.3 Å². The van der Waals surface area contributed by atoms with Gasteiger partial charge in [0.25, 0.3) is 5.91 Å². The molecule has 0 atom stereocenters. The number of hydrogen-bond acceptors (Lipinski definition) is 6. The number of nitriles is 1. The summed E-state index contributed by atoms with van der Waals surface area (Å²) >= 11 is 0. The van der Waals surface area contributed by atoms with E-state index in [2.05, 4.69) is 15.0 Å². The Balaban J connectivity index is 2.28. The molecule has 8 nitrogen and oxygen atoms in total. The highest BCUT2D eigenvalue weighted by molar-refractivity contribution is 6.06. The lowest BCUT2D eigenvalue weighted by Gasteiger charge is -2.07. The highest BCUT2D eigenvalue weighted by Gasteiger charge is 2.17. The number of benzene rings is 1. The van der Waals surface area contributed by atoms with Gasteiger partial charge in [0.15, 0.2) is 11.5 Å². The lowest BCUT2D eigenvalue weighted by Crippen LogP contribution is -2.15. The molecule has 1 amide bonds. The summed E-state index contributed by atoms with van der Waals surface area (Å²) in [6.45, 7) is -0.405. The minimum absolute atomic E-state index is 0.0278. The van der Waals surface area contributed by atoms with Crippen LogP contribution < -0.4 is 5.32 Å². The third-order valence-corrected chi connectivity index (χ3v) is 2.57. The Labute approximate surface area is 118 Å². The summed E-state index contributed by atoms with van der Waals surface area (Å²) in [4.78, 5) is 23.0. The van der Waals surface area contributed by atoms with Crippen LogP contribution in [-0.4, -0.2) is 27.2 Å². The molecule has 2 rings (SSSR count). The second kappa shape index (κ2) is 5.85. The molecular formula is C13H9N3O5. The van der Waals surface area contributed by atoms with Gasteiger partial charge in [-0.1, -0.05) is 5.16 Å². The van der Waals surface area contributed by atoms with Crippen molar-refractivity contribution in [2.75, 3.05) is 5.32 Å². The zero-order valence-corrected chi connectivity index (χ0v) is 10.5. The number of carbonyl (C=O) groups excluding carboxylic acids is 1. The van der Waals surface area contributed by atoms with E-state index in [1.807, 2.05) is 6.07 Å². The monoisotopic (exact) mass is 287 g/mol. The maximum Gasteiger partial charge on any atom is 0.337 e. The van der Waals surface area contributed by atoms with E-state index in [0.717, 1.165) is 6.07 Å². The van der Waals surface area contributed by atoms with Crippen LogP contribution >= 0.6 is 0 Å². The fraction of sp³-hybridized carbons (Fsp3) is 0.0769. The summed E-state index contributed by atoms with van der Waals surface area (Å²) in [5, 5.41) is 32.5. The van der Waals surface area contributed by atoms with Crippen molar-refractivity contribution in [2.45, 2.75) is 6.61 Å². The molecule has 1 aromatic carbocycles. The van der Waals surface area contributed by atoms with E-state index in [1.165, 1.54) is 18.2 Å². The van der Waals surface area contributed by atoms with Crippen molar-refractivity contribution in [3.63, 3.8) is 0 Å². The van der Waals surface area contributed by atoms with Crippen LogP contribution in [0, 0.1) is 11.3 Å². The third kappa shape index (κ3) is 3.05. The number of aliphatic hydroxyl groups excluding tert-OH is 1. The molecule has 8 heteroatoms. The van der Waals surface area contributed by atoms with Crippen LogP contribution in [0.25, 0.3) is 0 Å². The van der Waals surface area contributed by atoms with Crippen molar-refractivity contribution in [1.82, 2.24) is 5.16 Å². The van der Waals surface area contributed by atoms with Crippen LogP contribution in [0.1, 0.15) is 32.2 Å². The van der Waals surface area contributed by atoms with Gasteiger partial charge in [-0.05, 0) is 18.2 Å². The summed E-state index contributed by atoms with van der Waals surface area (Å²) in [7, 11) is 0. The molecule has 0 bridgehead atoms. The lowest BCUT2D eigenvalue weighted by atomic mass is 10.1. The maximum atomic E-state index is 11.9. The Morgan fingerprint density at radius 2 is 2.14 bits per heavy atom. The minimum Gasteiger partial charge on any atom is -0.478 e. The summed E-state index contributed by atoms with van der Waals surface area (Å²) in [5.74, 6) is -1.86. The molecule has 0 saturated carbocycles. The van der Waals surface area contributed by atoms with E-state index in [0.29, 0.717) is 0 Å². The molecule has 21 heavy (non-hydrogen) atoms. The highest BCUT2D eigenvalue weighted by Crippen LogP contribution is 2.18. The number of carboxylic acids is 1. The molecule has 0 radical (unpaired) electrons. The van der Waals surface area contributed by atoms with Crippen LogP contribution in [0.4, 0.5) is 5.69 Å². The normalized spacial score (nSPS) is 9.90. The molecule has 2 aromatic rings. The molecule has 0 aliphatic heterocycles. The smallest absolute Gasteiger partial charge is 0.337 e. The van der Waals surface area contributed by atoms with Gasteiger partial charge in [-0.25, -0.2) is 4.79 Å². The number of anilines is 1. The second-order valence-corrected chi connectivity index (χ2v) is 3.97. The van der Waals surface area contributed by atoms with Crippen LogP contribution in [-0.2, 0) is 6.61 Å². The number of carbonyl (C=O) groups is 2. The second-order valence-electron chi connectivity index (χ2n) is 3.97. The van der Waals surface area contributed by atoms with Crippen LogP contribution in [0.3, 0.4) is 0 Å². The minimum atomic E-state index is -1.28. The van der Waals surface area contributed by atoms with Crippen LogP contribution in [0.15, 0.2) is 28.8 Å². The zero-order valence-electron chi connectivity index (χ0n) is 10.5. The quantitative estimate of drug-likeness (QED) is 0.762. The Bertz CT molecular complexity index is 745. The first kappa shape index (κ1) is 14.2. The summed E-state index contributed by atoms with van der Waals surface area (Å²) in [5.41, 5.74) is -0.123. The van der Waals surface area contributed by atoms with Gasteiger partial charge >= 0.3 is 5.97 Å². The first-order valence-corrected chi connectivity index (χ1v) is 5.70. The number of rotatable bonds is 4. The van der Waals surface area contributed by atoms with Gasteiger partial charge in [-0.15, -0.1) is 0 Å². The van der Waals surface area contributed by atoms with Gasteiger partial charge in [0, 0.05) is 6.07 Å². The molecular weight excluding hydrogens is 278 g/mol. The van der Waals surface area contributed by atoms with Crippen LogP contribution in [0.2, 0.25) is 0 Å². The Morgan fingerprint density at radius 3 is 2.71 bits per heavy atom. The number of aromatic carboxylic acids is 1. The number of nitrogens with one attached hydrogen (secondary N) is 1. The van der Waals surface area contributed by atoms with E-state index in [-0.39, 0.29) is 28.3 Å². The highest BCUT2D eigenvalue weighted by atomic mass is 16.5. The van der Waals surface area contributed by atoms with Crippen molar-refractivity contribution in [3.8, 4) is 6.07 Å².